The van der Waals surface area contributed by atoms with Gasteiger partial charge >= 0.3 is 5.97 Å². The number of nitrogens with zero attached hydrogens (tertiary/aromatic N) is 2. The molecule has 0 spiro atoms. The van der Waals surface area contributed by atoms with Crippen LogP contribution in [-0.2, 0) is 22.4 Å². The maximum absolute atomic E-state index is 12.2. The Morgan fingerprint density at radius 2 is 1.06 bits per heavy atom. The van der Waals surface area contributed by atoms with Crippen molar-refractivity contribution >= 4 is 136 Å². The molecule has 16 heteroatoms. The third kappa shape index (κ3) is 12.2. The molecule has 6 rings (SSSR count). The number of carbonyl (C=O) groups excluding carboxylic acids is 1. The van der Waals surface area contributed by atoms with Gasteiger partial charge in [0.05, 0.1) is 37.5 Å². The van der Waals surface area contributed by atoms with Gasteiger partial charge in [0, 0.05) is 35.4 Å². The summed E-state index contributed by atoms with van der Waals surface area (Å²) < 4.78 is 2.23. The maximum Gasteiger partial charge on any atom is 0.326 e. The van der Waals surface area contributed by atoms with Crippen LogP contribution in [0, 0.1) is 7.14 Å². The third-order valence-corrected chi connectivity index (χ3v) is 12.0. The minimum absolute atomic E-state index is 0.278. The number of aliphatic hydroxyl groups excluding tert-OH is 1. The fourth-order valence-electron chi connectivity index (χ4n) is 4.82. The van der Waals surface area contributed by atoms with Crippen LogP contribution in [-0.4, -0.2) is 50.6 Å². The molecule has 2 heterocycles. The number of aliphatic carboxylic acids is 1. The van der Waals surface area contributed by atoms with Gasteiger partial charge in [-0.05, 0) is 111 Å². The number of carboxylic acid groups (broad SMARTS) is 1. The van der Waals surface area contributed by atoms with E-state index in [0.29, 0.717) is 43.2 Å². The van der Waals surface area contributed by atoms with Crippen LogP contribution >= 0.6 is 114 Å². The monoisotopic (exact) mass is 1050 g/mol. The molecule has 4 N–H and O–H groups in total. The normalized spacial score (nSPS) is 12.0. The van der Waals surface area contributed by atoms with Crippen LogP contribution in [0.1, 0.15) is 11.1 Å². The Balaban J connectivity index is 0.000000204. The number of anilines is 2. The molecule has 274 valence electrons. The fourth-order valence-corrected chi connectivity index (χ4v) is 7.68. The summed E-state index contributed by atoms with van der Waals surface area (Å²) in [6, 6.07) is 25.0. The first-order valence-electron chi connectivity index (χ1n) is 15.6. The van der Waals surface area contributed by atoms with Gasteiger partial charge in [0.25, 0.3) is 0 Å². The molecule has 6 aromatic rings. The van der Waals surface area contributed by atoms with Gasteiger partial charge in [-0.2, -0.15) is 0 Å². The van der Waals surface area contributed by atoms with Gasteiger partial charge in [0.15, 0.2) is 16.0 Å². The smallest absolute Gasteiger partial charge is 0.326 e. The summed E-state index contributed by atoms with van der Waals surface area (Å²) in [5.74, 6) is -1.20. The van der Waals surface area contributed by atoms with Gasteiger partial charge in [-0.1, -0.05) is 82.8 Å². The summed E-state index contributed by atoms with van der Waals surface area (Å²) in [6.45, 7) is -0.521. The summed E-state index contributed by atoms with van der Waals surface area (Å²) in [5, 5.41) is 31.7. The molecule has 4 aromatic carbocycles. The van der Waals surface area contributed by atoms with Crippen LogP contribution < -0.4 is 10.6 Å². The highest BCUT2D eigenvalue weighted by Crippen LogP contribution is 2.32. The quantitative estimate of drug-likeness (QED) is 0.0843. The van der Waals surface area contributed by atoms with E-state index in [0.717, 1.165) is 40.8 Å². The largest absolute Gasteiger partial charge is 0.480 e. The van der Waals surface area contributed by atoms with Crippen LogP contribution in [0.4, 0.5) is 10.3 Å². The van der Waals surface area contributed by atoms with Crippen LogP contribution in [0.15, 0.2) is 95.7 Å². The average Bonchev–Trinajstić information content (AvgIpc) is 3.82. The summed E-state index contributed by atoms with van der Waals surface area (Å²) >= 11 is 31.2. The number of halogens is 6. The molecular formula is C37H28Cl4I2N4O4S2. The molecule has 0 radical (unpaired) electrons. The molecule has 2 aromatic heterocycles. The molecule has 8 nitrogen and oxygen atoms in total. The van der Waals surface area contributed by atoms with Crippen molar-refractivity contribution in [1.29, 1.82) is 0 Å². The maximum atomic E-state index is 12.2. The SMILES string of the molecule is O=C(CO)C(Cc1ccc(I)cc1)Nc1nc(-c2ccc(Cl)c(Cl)c2)cs1.O=C(O)C(Cc1ccc(I)cc1)Nc1nc(-c2ccc(Cl)c(Cl)c2)cs1. The Kier molecular flexibility index (Phi) is 15.6. The lowest BCUT2D eigenvalue weighted by Gasteiger charge is -2.16. The van der Waals surface area contributed by atoms with Crippen LogP contribution in [0.25, 0.3) is 22.5 Å². The lowest BCUT2D eigenvalue weighted by atomic mass is 10.0. The van der Waals surface area contributed by atoms with E-state index >= 15 is 0 Å². The van der Waals surface area contributed by atoms with Gasteiger partial charge < -0.3 is 20.8 Å². The Morgan fingerprint density at radius 1 is 0.642 bits per heavy atom. The van der Waals surface area contributed by atoms with Crippen molar-refractivity contribution in [3.63, 3.8) is 0 Å². The van der Waals surface area contributed by atoms with Gasteiger partial charge in [-0.15, -0.1) is 22.7 Å². The van der Waals surface area contributed by atoms with Crippen LogP contribution in [0.3, 0.4) is 0 Å². The molecule has 0 saturated carbocycles. The van der Waals surface area contributed by atoms with E-state index in [9.17, 15) is 19.8 Å². The zero-order valence-corrected chi connectivity index (χ0v) is 36.2. The van der Waals surface area contributed by atoms with E-state index in [4.69, 9.17) is 46.4 Å². The van der Waals surface area contributed by atoms with Crippen LogP contribution in [0.5, 0.6) is 0 Å². The predicted molar refractivity (Wildman–Crippen MR) is 235 cm³/mol. The summed E-state index contributed by atoms with van der Waals surface area (Å²) in [7, 11) is 0. The van der Waals surface area contributed by atoms with E-state index in [1.807, 2.05) is 71.4 Å². The first-order chi connectivity index (χ1) is 25.4. The first kappa shape index (κ1) is 41.6. The van der Waals surface area contributed by atoms with Crippen LogP contribution in [0.2, 0.25) is 20.1 Å². The fraction of sp³-hybridized carbons (Fsp3) is 0.135. The molecule has 0 saturated heterocycles. The zero-order chi connectivity index (χ0) is 38.1. The number of Topliss-reactive ketones (excluding diaryl/α,β-unsaturated/α-hetero) is 1. The van der Waals surface area contributed by atoms with Crippen molar-refractivity contribution < 1.29 is 19.8 Å². The van der Waals surface area contributed by atoms with E-state index in [-0.39, 0.29) is 5.78 Å². The number of nitrogens with one attached hydrogen (secondary N) is 2. The van der Waals surface area contributed by atoms with Crippen molar-refractivity contribution in [3.05, 3.63) is 134 Å². The summed E-state index contributed by atoms with van der Waals surface area (Å²) in [6.07, 6.45) is 0.839. The number of hydrogen-bond acceptors (Lipinski definition) is 9. The topological polar surface area (TPSA) is 124 Å². The van der Waals surface area contributed by atoms with Gasteiger partial charge in [0.2, 0.25) is 0 Å². The van der Waals surface area contributed by atoms with Crippen molar-refractivity contribution in [1.82, 2.24) is 9.97 Å². The Morgan fingerprint density at radius 3 is 1.45 bits per heavy atom. The zero-order valence-electron chi connectivity index (χ0n) is 27.2. The lowest BCUT2D eigenvalue weighted by Crippen LogP contribution is -2.33. The van der Waals surface area contributed by atoms with E-state index in [2.05, 4.69) is 65.8 Å². The molecule has 0 fully saturated rings. The molecule has 2 atom stereocenters. The highest BCUT2D eigenvalue weighted by Gasteiger charge is 2.21. The number of rotatable bonds is 13. The molecule has 0 bridgehead atoms. The average molecular weight is 1050 g/mol. The number of ketones is 1. The van der Waals surface area contributed by atoms with Gasteiger partial charge in [0.1, 0.15) is 12.6 Å². The molecule has 0 aliphatic carbocycles. The predicted octanol–water partition coefficient (Wildman–Crippen LogP) is 11.1. The standard InChI is InChI=1S/C19H15Cl2IN2O2S.C18H13Cl2IN2O2S/c20-14-6-3-12(8-15(14)21)17-10-27-19(24-17)23-16(18(26)9-25)7-11-1-4-13(22)5-2-11;19-13-6-3-11(8-14(13)20)16-9-26-18(23-16)22-15(17(24)25)7-10-1-4-12(21)5-2-10/h1-6,8,10,16,25H,7,9H2,(H,23,24);1-6,8-9,15H,7H2,(H,22,23)(H,24,25). The molecule has 53 heavy (non-hydrogen) atoms. The van der Waals surface area contributed by atoms with Gasteiger partial charge in [-0.25, -0.2) is 14.8 Å². The number of benzene rings is 4. The summed E-state index contributed by atoms with van der Waals surface area (Å²) in [4.78, 5) is 32.8. The Hall–Kier alpha value is -2.54. The minimum Gasteiger partial charge on any atom is -0.480 e. The van der Waals surface area contributed by atoms with Gasteiger partial charge in [-0.3, -0.25) is 4.79 Å². The number of hydrogen-bond donors (Lipinski definition) is 4. The number of carboxylic acids is 1. The highest BCUT2D eigenvalue weighted by molar-refractivity contribution is 14.1. The van der Waals surface area contributed by atoms with Crippen molar-refractivity contribution in [2.45, 2.75) is 24.9 Å². The number of carbonyl (C=O) groups is 2. The second-order valence-electron chi connectivity index (χ2n) is 11.4. The number of thiazole rings is 2. The molecule has 0 aliphatic heterocycles. The lowest BCUT2D eigenvalue weighted by molar-refractivity contribution is -0.137. The minimum atomic E-state index is -0.921. The molecule has 0 amide bonds. The Bertz CT molecular complexity index is 2190. The van der Waals surface area contributed by atoms with Crippen molar-refractivity contribution in [2.75, 3.05) is 17.2 Å². The molecule has 2 unspecified atom stereocenters. The highest BCUT2D eigenvalue weighted by atomic mass is 127. The summed E-state index contributed by atoms with van der Waals surface area (Å²) in [5.41, 5.74) is 5.09. The second kappa shape index (κ2) is 19.9. The van der Waals surface area contributed by atoms with E-state index < -0.39 is 24.7 Å². The molecular weight excluding hydrogens is 1020 g/mol. The van der Waals surface area contributed by atoms with Crippen molar-refractivity contribution in [3.8, 4) is 22.5 Å². The van der Waals surface area contributed by atoms with E-state index in [1.54, 1.807) is 24.3 Å². The third-order valence-electron chi connectivity index (χ3n) is 7.58. The Labute approximate surface area is 361 Å². The number of aliphatic hydroxyl groups is 1. The number of aromatic nitrogens is 2. The van der Waals surface area contributed by atoms with E-state index in [1.165, 1.54) is 22.7 Å². The second-order valence-corrected chi connectivity index (χ2v) is 17.2. The first-order valence-corrected chi connectivity index (χ1v) is 21.0. The van der Waals surface area contributed by atoms with Crippen molar-refractivity contribution in [2.24, 2.45) is 0 Å². The molecule has 0 aliphatic rings.